The van der Waals surface area contributed by atoms with Crippen LogP contribution in [0.3, 0.4) is 0 Å². The lowest BCUT2D eigenvalue weighted by molar-refractivity contribution is 0.0775. The first-order valence-electron chi connectivity index (χ1n) is 6.67. The molecule has 0 atom stereocenters. The molecule has 5 heteroatoms. The van der Waals surface area contributed by atoms with Crippen molar-refractivity contribution in [2.75, 3.05) is 18.8 Å². The Morgan fingerprint density at radius 1 is 1.40 bits per heavy atom. The first kappa shape index (κ1) is 13.1. The number of hydrogen-bond donors (Lipinski definition) is 1. The highest BCUT2D eigenvalue weighted by molar-refractivity contribution is 7.21. The first-order chi connectivity index (χ1) is 9.56. The Bertz CT molecular complexity index is 717. The van der Waals surface area contributed by atoms with Crippen molar-refractivity contribution in [1.29, 1.82) is 0 Å². The molecule has 0 unspecified atom stereocenters. The summed E-state index contributed by atoms with van der Waals surface area (Å²) >= 11 is 1.39. The predicted molar refractivity (Wildman–Crippen MR) is 83.0 cm³/mol. The Hall–Kier alpha value is -1.88. The van der Waals surface area contributed by atoms with Gasteiger partial charge in [-0.05, 0) is 32.4 Å². The smallest absolute Gasteiger partial charge is 0.266 e. The zero-order valence-corrected chi connectivity index (χ0v) is 12.5. The van der Waals surface area contributed by atoms with Crippen molar-refractivity contribution in [3.63, 3.8) is 0 Å². The van der Waals surface area contributed by atoms with Crippen LogP contribution in [-0.4, -0.2) is 28.9 Å². The second kappa shape index (κ2) is 4.90. The molecule has 2 aromatic rings. The maximum atomic E-state index is 12.6. The van der Waals surface area contributed by atoms with Crippen molar-refractivity contribution in [1.82, 2.24) is 9.88 Å². The zero-order valence-electron chi connectivity index (χ0n) is 11.6. The summed E-state index contributed by atoms with van der Waals surface area (Å²) in [5, 5.41) is 0.882. The average Bonchev–Trinajstić information content (AvgIpc) is 2.75. The number of carbonyl (C=O) groups excluding carboxylic acids is 1. The number of nitrogen functional groups attached to an aromatic ring is 1. The molecule has 0 saturated carbocycles. The number of pyridine rings is 1. The van der Waals surface area contributed by atoms with Crippen molar-refractivity contribution in [2.24, 2.45) is 0 Å². The van der Waals surface area contributed by atoms with E-state index in [1.807, 2.05) is 24.0 Å². The molecule has 0 saturated heterocycles. The normalized spacial score (nSPS) is 15.5. The molecule has 3 heterocycles. The lowest BCUT2D eigenvalue weighted by Crippen LogP contribution is -2.34. The predicted octanol–water partition coefficient (Wildman–Crippen LogP) is 2.98. The molecule has 0 radical (unpaired) electrons. The van der Waals surface area contributed by atoms with Gasteiger partial charge in [0.1, 0.15) is 9.71 Å². The Labute approximate surface area is 121 Å². The van der Waals surface area contributed by atoms with Gasteiger partial charge in [-0.15, -0.1) is 11.3 Å². The number of aromatic nitrogens is 1. The van der Waals surface area contributed by atoms with Crippen LogP contribution in [0.25, 0.3) is 10.2 Å². The van der Waals surface area contributed by atoms with Crippen LogP contribution in [0.4, 0.5) is 5.69 Å². The number of anilines is 1. The Kier molecular flexibility index (Phi) is 3.22. The molecule has 1 aliphatic heterocycles. The largest absolute Gasteiger partial charge is 0.397 e. The minimum Gasteiger partial charge on any atom is -0.397 e. The van der Waals surface area contributed by atoms with Gasteiger partial charge in [-0.25, -0.2) is 4.98 Å². The molecule has 4 nitrogen and oxygen atoms in total. The van der Waals surface area contributed by atoms with Gasteiger partial charge in [0.25, 0.3) is 5.91 Å². The monoisotopic (exact) mass is 287 g/mol. The topological polar surface area (TPSA) is 59.2 Å². The molecule has 1 aliphatic rings. The number of nitrogens with zero attached hydrogens (tertiary/aromatic N) is 2. The quantitative estimate of drug-likeness (QED) is 0.820. The van der Waals surface area contributed by atoms with E-state index in [-0.39, 0.29) is 5.91 Å². The third-order valence-corrected chi connectivity index (χ3v) is 4.75. The highest BCUT2D eigenvalue weighted by Crippen LogP contribution is 2.33. The molecular weight excluding hydrogens is 270 g/mol. The second-order valence-corrected chi connectivity index (χ2v) is 6.20. The van der Waals surface area contributed by atoms with E-state index < -0.39 is 0 Å². The molecule has 0 bridgehead atoms. The molecule has 0 aliphatic carbocycles. The summed E-state index contributed by atoms with van der Waals surface area (Å²) in [6.07, 6.45) is 3.04. The summed E-state index contributed by atoms with van der Waals surface area (Å²) < 4.78 is 0. The fraction of sp³-hybridized carbons (Fsp3) is 0.333. The zero-order chi connectivity index (χ0) is 14.3. The Morgan fingerprint density at radius 3 is 2.90 bits per heavy atom. The van der Waals surface area contributed by atoms with Gasteiger partial charge in [-0.2, -0.15) is 0 Å². The number of fused-ring (bicyclic) bond motifs is 1. The molecule has 3 rings (SSSR count). The average molecular weight is 287 g/mol. The van der Waals surface area contributed by atoms with E-state index in [1.165, 1.54) is 16.9 Å². The van der Waals surface area contributed by atoms with E-state index >= 15 is 0 Å². The molecule has 0 fully saturated rings. The summed E-state index contributed by atoms with van der Waals surface area (Å²) in [6, 6.07) is 3.87. The number of amides is 1. The Morgan fingerprint density at radius 2 is 2.20 bits per heavy atom. The van der Waals surface area contributed by atoms with Crippen molar-refractivity contribution in [2.45, 2.75) is 20.3 Å². The number of rotatable bonds is 1. The van der Waals surface area contributed by atoms with E-state index in [1.54, 1.807) is 0 Å². The fourth-order valence-electron chi connectivity index (χ4n) is 2.35. The summed E-state index contributed by atoms with van der Waals surface area (Å²) in [4.78, 5) is 20.3. The summed E-state index contributed by atoms with van der Waals surface area (Å²) in [7, 11) is 0. The van der Waals surface area contributed by atoms with E-state index in [4.69, 9.17) is 5.73 Å². The summed E-state index contributed by atoms with van der Waals surface area (Å²) in [5.74, 6) is 0.0203. The molecule has 0 spiro atoms. The SMILES string of the molecule is CC1=CCN(C(=O)c2sc3nc(C)ccc3c2N)CC1. The maximum Gasteiger partial charge on any atom is 0.266 e. The van der Waals surface area contributed by atoms with Crippen molar-refractivity contribution in [3.8, 4) is 0 Å². The highest BCUT2D eigenvalue weighted by Gasteiger charge is 2.23. The first-order valence-corrected chi connectivity index (χ1v) is 7.48. The van der Waals surface area contributed by atoms with E-state index in [0.717, 1.165) is 28.9 Å². The van der Waals surface area contributed by atoms with Crippen LogP contribution in [-0.2, 0) is 0 Å². The molecule has 0 aromatic carbocycles. The van der Waals surface area contributed by atoms with Crippen LogP contribution < -0.4 is 5.73 Å². The lowest BCUT2D eigenvalue weighted by Gasteiger charge is -2.25. The van der Waals surface area contributed by atoms with Crippen LogP contribution in [0.5, 0.6) is 0 Å². The standard InChI is InChI=1S/C15H17N3OS/c1-9-5-7-18(8-6-9)15(19)13-12(16)11-4-3-10(2)17-14(11)20-13/h3-5H,6-8,16H2,1-2H3. The summed E-state index contributed by atoms with van der Waals surface area (Å²) in [6.45, 7) is 5.48. The molecule has 1 amide bonds. The number of nitrogens with two attached hydrogens (primary N) is 1. The van der Waals surface area contributed by atoms with Gasteiger partial charge in [0.15, 0.2) is 0 Å². The number of thiophene rings is 1. The third-order valence-electron chi connectivity index (χ3n) is 3.65. The van der Waals surface area contributed by atoms with Gasteiger partial charge in [-0.1, -0.05) is 11.6 Å². The minimum absolute atomic E-state index is 0.0203. The number of aryl methyl sites for hydroxylation is 1. The van der Waals surface area contributed by atoms with Gasteiger partial charge >= 0.3 is 0 Å². The molecule has 20 heavy (non-hydrogen) atoms. The highest BCUT2D eigenvalue weighted by atomic mass is 32.1. The van der Waals surface area contributed by atoms with Crippen molar-refractivity contribution in [3.05, 3.63) is 34.4 Å². The molecule has 2 N–H and O–H groups in total. The Balaban J connectivity index is 1.98. The second-order valence-electron chi connectivity index (χ2n) is 5.20. The van der Waals surface area contributed by atoms with E-state index in [0.29, 0.717) is 17.1 Å². The summed E-state index contributed by atoms with van der Waals surface area (Å²) in [5.41, 5.74) is 8.98. The minimum atomic E-state index is 0.0203. The van der Waals surface area contributed by atoms with E-state index in [9.17, 15) is 4.79 Å². The van der Waals surface area contributed by atoms with Gasteiger partial charge in [-0.3, -0.25) is 4.79 Å². The van der Waals surface area contributed by atoms with Gasteiger partial charge < -0.3 is 10.6 Å². The van der Waals surface area contributed by atoms with Crippen LogP contribution >= 0.6 is 11.3 Å². The fourth-order valence-corrected chi connectivity index (χ4v) is 3.45. The van der Waals surface area contributed by atoms with Crippen LogP contribution in [0.15, 0.2) is 23.8 Å². The molecule has 2 aromatic heterocycles. The lowest BCUT2D eigenvalue weighted by atomic mass is 10.1. The van der Waals surface area contributed by atoms with Crippen LogP contribution in [0, 0.1) is 6.92 Å². The number of hydrogen-bond acceptors (Lipinski definition) is 4. The van der Waals surface area contributed by atoms with Gasteiger partial charge in [0.2, 0.25) is 0 Å². The van der Waals surface area contributed by atoms with Crippen molar-refractivity contribution >= 4 is 33.1 Å². The van der Waals surface area contributed by atoms with Crippen LogP contribution in [0.1, 0.15) is 28.7 Å². The molecular formula is C15H17N3OS. The third kappa shape index (κ3) is 2.18. The van der Waals surface area contributed by atoms with E-state index in [2.05, 4.69) is 18.0 Å². The van der Waals surface area contributed by atoms with Gasteiger partial charge in [0, 0.05) is 24.2 Å². The van der Waals surface area contributed by atoms with Crippen LogP contribution in [0.2, 0.25) is 0 Å². The molecule has 104 valence electrons. The maximum absolute atomic E-state index is 12.6. The number of carbonyl (C=O) groups is 1. The van der Waals surface area contributed by atoms with Gasteiger partial charge in [0.05, 0.1) is 5.69 Å². The van der Waals surface area contributed by atoms with Crippen molar-refractivity contribution < 1.29 is 4.79 Å².